The van der Waals surface area contributed by atoms with Gasteiger partial charge in [-0.25, -0.2) is 5.06 Å². The quantitative estimate of drug-likeness (QED) is 0.631. The van der Waals surface area contributed by atoms with E-state index in [1.807, 2.05) is 6.92 Å². The molecule has 14 heavy (non-hydrogen) atoms. The highest BCUT2D eigenvalue weighted by atomic mass is 16.7. The molecule has 2 saturated heterocycles. The fraction of sp³-hybridized carbons (Fsp3) is 0.900. The fourth-order valence-corrected chi connectivity index (χ4v) is 1.96. The van der Waals surface area contributed by atoms with Crippen LogP contribution in [0.1, 0.15) is 26.2 Å². The molecule has 4 heteroatoms. The van der Waals surface area contributed by atoms with Crippen molar-refractivity contribution in [1.29, 1.82) is 0 Å². The highest BCUT2D eigenvalue weighted by molar-refractivity contribution is 5.78. The summed E-state index contributed by atoms with van der Waals surface area (Å²) in [6.07, 6.45) is 3.16. The molecule has 2 aliphatic heterocycles. The Hall–Kier alpha value is -0.610. The van der Waals surface area contributed by atoms with Crippen LogP contribution in [0, 0.1) is 5.92 Å². The second-order valence-corrected chi connectivity index (χ2v) is 4.06. The first kappa shape index (κ1) is 9.93. The van der Waals surface area contributed by atoms with Gasteiger partial charge in [-0.3, -0.25) is 9.63 Å². The Morgan fingerprint density at radius 2 is 2.29 bits per heavy atom. The van der Waals surface area contributed by atoms with Crippen LogP contribution >= 0.6 is 0 Å². The molecule has 2 rings (SSSR count). The maximum absolute atomic E-state index is 11.9. The molecule has 0 bridgehead atoms. The monoisotopic (exact) mass is 199 g/mol. The van der Waals surface area contributed by atoms with Crippen LogP contribution in [0.5, 0.6) is 0 Å². The van der Waals surface area contributed by atoms with Gasteiger partial charge in [-0.2, -0.15) is 0 Å². The number of ether oxygens (including phenoxy) is 1. The minimum absolute atomic E-state index is 0.0168. The third kappa shape index (κ3) is 2.07. The van der Waals surface area contributed by atoms with Crippen molar-refractivity contribution < 1.29 is 14.4 Å². The first-order valence-corrected chi connectivity index (χ1v) is 5.33. The van der Waals surface area contributed by atoms with Crippen molar-refractivity contribution in [1.82, 2.24) is 5.06 Å². The largest absolute Gasteiger partial charge is 0.378 e. The number of amides is 1. The van der Waals surface area contributed by atoms with Gasteiger partial charge in [0.25, 0.3) is 5.91 Å². The van der Waals surface area contributed by atoms with Gasteiger partial charge >= 0.3 is 0 Å². The van der Waals surface area contributed by atoms with Crippen LogP contribution in [0.2, 0.25) is 0 Å². The number of rotatable bonds is 1. The lowest BCUT2D eigenvalue weighted by Gasteiger charge is -2.27. The minimum atomic E-state index is 0.0168. The molecule has 80 valence electrons. The molecule has 4 nitrogen and oxygen atoms in total. The van der Waals surface area contributed by atoms with E-state index >= 15 is 0 Å². The van der Waals surface area contributed by atoms with Gasteiger partial charge < -0.3 is 4.74 Å². The lowest BCUT2D eigenvalue weighted by atomic mass is 10.1. The van der Waals surface area contributed by atoms with Crippen molar-refractivity contribution in [3.05, 3.63) is 0 Å². The molecule has 0 saturated carbocycles. The van der Waals surface area contributed by atoms with Crippen molar-refractivity contribution in [2.45, 2.75) is 32.3 Å². The normalized spacial score (nSPS) is 33.4. The average molecular weight is 199 g/mol. The first-order chi connectivity index (χ1) is 6.77. The lowest BCUT2D eigenvalue weighted by Crippen LogP contribution is -2.39. The molecule has 0 aromatic carbocycles. The standard InChI is InChI=1S/C10H17NO3/c1-8-6-9(7-13-8)10(12)11-4-2-3-5-14-11/h8-9H,2-7H2,1H3. The number of nitrogens with zero attached hydrogens (tertiary/aromatic N) is 1. The molecule has 0 radical (unpaired) electrons. The Balaban J connectivity index is 1.87. The van der Waals surface area contributed by atoms with Gasteiger partial charge in [0.05, 0.1) is 25.2 Å². The van der Waals surface area contributed by atoms with E-state index in [1.54, 1.807) is 0 Å². The second kappa shape index (κ2) is 4.28. The van der Waals surface area contributed by atoms with Crippen LogP contribution in [-0.2, 0) is 14.4 Å². The Bertz CT molecular complexity index is 207. The number of carbonyl (C=O) groups excluding carboxylic acids is 1. The van der Waals surface area contributed by atoms with Gasteiger partial charge in [0.1, 0.15) is 0 Å². The van der Waals surface area contributed by atoms with E-state index in [0.717, 1.165) is 25.8 Å². The number of carbonyl (C=O) groups is 1. The maximum atomic E-state index is 11.9. The van der Waals surface area contributed by atoms with Gasteiger partial charge in [0.2, 0.25) is 0 Å². The summed E-state index contributed by atoms with van der Waals surface area (Å²) in [6.45, 7) is 3.97. The fourth-order valence-electron chi connectivity index (χ4n) is 1.96. The van der Waals surface area contributed by atoms with Gasteiger partial charge in [-0.15, -0.1) is 0 Å². The summed E-state index contributed by atoms with van der Waals surface area (Å²) in [5.41, 5.74) is 0. The third-order valence-corrected chi connectivity index (χ3v) is 2.80. The van der Waals surface area contributed by atoms with Crippen LogP contribution in [0.3, 0.4) is 0 Å². The zero-order chi connectivity index (χ0) is 9.97. The number of hydroxylamine groups is 2. The molecule has 0 aromatic rings. The molecule has 1 amide bonds. The summed E-state index contributed by atoms with van der Waals surface area (Å²) >= 11 is 0. The van der Waals surface area contributed by atoms with Gasteiger partial charge in [-0.05, 0) is 26.2 Å². The van der Waals surface area contributed by atoms with E-state index in [2.05, 4.69) is 0 Å². The summed E-state index contributed by atoms with van der Waals surface area (Å²) in [5.74, 6) is 0.122. The van der Waals surface area contributed by atoms with E-state index in [0.29, 0.717) is 13.2 Å². The maximum Gasteiger partial charge on any atom is 0.251 e. The van der Waals surface area contributed by atoms with Crippen molar-refractivity contribution in [3.63, 3.8) is 0 Å². The van der Waals surface area contributed by atoms with Crippen LogP contribution in [-0.4, -0.2) is 36.8 Å². The lowest BCUT2D eigenvalue weighted by molar-refractivity contribution is -0.201. The molecule has 0 aromatic heterocycles. The van der Waals surface area contributed by atoms with E-state index in [1.165, 1.54) is 5.06 Å². The van der Waals surface area contributed by atoms with Crippen LogP contribution in [0.4, 0.5) is 0 Å². The molecule has 0 N–H and O–H groups in total. The summed E-state index contributed by atoms with van der Waals surface area (Å²) < 4.78 is 5.37. The smallest absolute Gasteiger partial charge is 0.251 e. The molecule has 2 aliphatic rings. The predicted octanol–water partition coefficient (Wildman–Crippen LogP) is 0.965. The highest BCUT2D eigenvalue weighted by Gasteiger charge is 2.32. The summed E-state index contributed by atoms with van der Waals surface area (Å²) in [5, 5.41) is 1.52. The van der Waals surface area contributed by atoms with Crippen LogP contribution in [0.15, 0.2) is 0 Å². The molecular formula is C10H17NO3. The molecule has 2 atom stereocenters. The predicted molar refractivity (Wildman–Crippen MR) is 50.4 cm³/mol. The highest BCUT2D eigenvalue weighted by Crippen LogP contribution is 2.22. The van der Waals surface area contributed by atoms with E-state index in [4.69, 9.17) is 9.57 Å². The Labute approximate surface area is 84.1 Å². The van der Waals surface area contributed by atoms with Crippen LogP contribution < -0.4 is 0 Å². The van der Waals surface area contributed by atoms with Crippen molar-refractivity contribution in [2.75, 3.05) is 19.8 Å². The number of hydrogen-bond donors (Lipinski definition) is 0. The average Bonchev–Trinajstić information content (AvgIpc) is 2.65. The molecule has 0 aliphatic carbocycles. The summed E-state index contributed by atoms with van der Waals surface area (Å²) in [4.78, 5) is 17.2. The molecule has 2 unspecified atom stereocenters. The SMILES string of the molecule is CC1CC(C(=O)N2CCCCO2)CO1. The third-order valence-electron chi connectivity index (χ3n) is 2.80. The van der Waals surface area contributed by atoms with Gasteiger partial charge in [0.15, 0.2) is 0 Å². The van der Waals surface area contributed by atoms with Crippen molar-refractivity contribution >= 4 is 5.91 Å². The first-order valence-electron chi connectivity index (χ1n) is 5.33. The van der Waals surface area contributed by atoms with E-state index in [9.17, 15) is 4.79 Å². The number of hydrogen-bond acceptors (Lipinski definition) is 3. The van der Waals surface area contributed by atoms with Crippen LogP contribution in [0.25, 0.3) is 0 Å². The molecule has 0 spiro atoms. The summed E-state index contributed by atoms with van der Waals surface area (Å²) in [7, 11) is 0. The zero-order valence-corrected chi connectivity index (χ0v) is 8.57. The minimum Gasteiger partial charge on any atom is -0.378 e. The Kier molecular flexibility index (Phi) is 3.03. The Morgan fingerprint density at radius 3 is 2.86 bits per heavy atom. The van der Waals surface area contributed by atoms with Gasteiger partial charge in [0, 0.05) is 6.54 Å². The van der Waals surface area contributed by atoms with Crippen molar-refractivity contribution in [2.24, 2.45) is 5.92 Å². The summed E-state index contributed by atoms with van der Waals surface area (Å²) in [6, 6.07) is 0. The van der Waals surface area contributed by atoms with E-state index < -0.39 is 0 Å². The second-order valence-electron chi connectivity index (χ2n) is 4.06. The Morgan fingerprint density at radius 1 is 1.43 bits per heavy atom. The van der Waals surface area contributed by atoms with Gasteiger partial charge in [-0.1, -0.05) is 0 Å². The molecular weight excluding hydrogens is 182 g/mol. The molecule has 2 fully saturated rings. The topological polar surface area (TPSA) is 38.8 Å². The molecule has 2 heterocycles. The van der Waals surface area contributed by atoms with E-state index in [-0.39, 0.29) is 17.9 Å². The zero-order valence-electron chi connectivity index (χ0n) is 8.57. The van der Waals surface area contributed by atoms with Crippen molar-refractivity contribution in [3.8, 4) is 0 Å².